The van der Waals surface area contributed by atoms with Crippen LogP contribution in [0.5, 0.6) is 5.75 Å². The van der Waals surface area contributed by atoms with Gasteiger partial charge >= 0.3 is 0 Å². The predicted molar refractivity (Wildman–Crippen MR) is 88.6 cm³/mol. The quantitative estimate of drug-likeness (QED) is 0.771. The zero-order valence-electron chi connectivity index (χ0n) is 11.7. The minimum absolute atomic E-state index is 0.660. The summed E-state index contributed by atoms with van der Waals surface area (Å²) in [4.78, 5) is 10.2. The van der Waals surface area contributed by atoms with Crippen molar-refractivity contribution >= 4 is 39.7 Å². The first-order valence-corrected chi connectivity index (χ1v) is 7.81. The zero-order chi connectivity index (χ0) is 14.8. The molecule has 4 nitrogen and oxygen atoms in total. The molecule has 2 heterocycles. The van der Waals surface area contributed by atoms with Crippen LogP contribution in [-0.2, 0) is 0 Å². The number of nitrogens with zero attached hydrogens (tertiary/aromatic N) is 2. The van der Waals surface area contributed by atoms with Crippen LogP contribution >= 0.6 is 22.9 Å². The minimum Gasteiger partial charge on any atom is -0.495 e. The van der Waals surface area contributed by atoms with E-state index in [1.807, 2.05) is 36.6 Å². The van der Waals surface area contributed by atoms with Crippen LogP contribution in [0.25, 0.3) is 21.6 Å². The van der Waals surface area contributed by atoms with Crippen LogP contribution in [0, 0.1) is 0 Å². The van der Waals surface area contributed by atoms with Crippen LogP contribution in [0.2, 0.25) is 5.02 Å². The molecule has 0 radical (unpaired) electrons. The van der Waals surface area contributed by atoms with Crippen molar-refractivity contribution in [1.29, 1.82) is 0 Å². The topological polar surface area (TPSA) is 47.0 Å². The Morgan fingerprint density at radius 2 is 2.14 bits per heavy atom. The summed E-state index contributed by atoms with van der Waals surface area (Å²) in [7, 11) is 1.65. The molecule has 0 aliphatic carbocycles. The lowest BCUT2D eigenvalue weighted by atomic mass is 10.2. The Labute approximate surface area is 131 Å². The van der Waals surface area contributed by atoms with E-state index in [9.17, 15) is 0 Å². The van der Waals surface area contributed by atoms with Gasteiger partial charge in [-0.3, -0.25) is 0 Å². The van der Waals surface area contributed by atoms with Gasteiger partial charge in [0.1, 0.15) is 16.4 Å². The number of thiophene rings is 1. The van der Waals surface area contributed by atoms with Gasteiger partial charge in [-0.25, -0.2) is 9.97 Å². The number of methoxy groups -OCH3 is 1. The summed E-state index contributed by atoms with van der Waals surface area (Å²) >= 11 is 7.64. The number of nitrogens with one attached hydrogen (secondary N) is 1. The van der Waals surface area contributed by atoms with Crippen molar-refractivity contribution in [2.24, 2.45) is 0 Å². The molecule has 0 spiro atoms. The molecule has 0 unspecified atom stereocenters. The summed E-state index contributed by atoms with van der Waals surface area (Å²) < 4.78 is 5.36. The van der Waals surface area contributed by atoms with Crippen molar-refractivity contribution in [3.05, 3.63) is 34.7 Å². The van der Waals surface area contributed by atoms with Gasteiger partial charge in [-0.2, -0.15) is 0 Å². The van der Waals surface area contributed by atoms with Gasteiger partial charge in [0, 0.05) is 17.0 Å². The average Bonchev–Trinajstić information content (AvgIpc) is 2.96. The smallest absolute Gasteiger partial charge is 0.176 e. The van der Waals surface area contributed by atoms with Gasteiger partial charge < -0.3 is 10.1 Å². The maximum atomic E-state index is 6.08. The molecule has 3 aromatic rings. The number of ether oxygens (including phenoxy) is 1. The maximum absolute atomic E-state index is 6.08. The summed E-state index contributed by atoms with van der Waals surface area (Å²) in [5.74, 6) is 2.24. The number of rotatable bonds is 4. The van der Waals surface area contributed by atoms with E-state index in [0.717, 1.165) is 33.9 Å². The lowest BCUT2D eigenvalue weighted by Crippen LogP contribution is -2.02. The number of hydrogen-bond donors (Lipinski definition) is 1. The summed E-state index contributed by atoms with van der Waals surface area (Å²) in [6.45, 7) is 2.81. The normalized spacial score (nSPS) is 10.8. The van der Waals surface area contributed by atoms with Crippen LogP contribution in [0.3, 0.4) is 0 Å². The minimum atomic E-state index is 0.660. The molecule has 0 amide bonds. The molecular formula is C15H14ClN3OS. The first-order chi connectivity index (χ1) is 10.2. The molecule has 6 heteroatoms. The van der Waals surface area contributed by atoms with Gasteiger partial charge in [-0.05, 0) is 36.6 Å². The van der Waals surface area contributed by atoms with E-state index >= 15 is 0 Å². The van der Waals surface area contributed by atoms with E-state index in [-0.39, 0.29) is 0 Å². The van der Waals surface area contributed by atoms with Crippen molar-refractivity contribution in [2.45, 2.75) is 6.92 Å². The number of hydrogen-bond acceptors (Lipinski definition) is 5. The monoisotopic (exact) mass is 319 g/mol. The van der Waals surface area contributed by atoms with E-state index in [4.69, 9.17) is 16.3 Å². The first-order valence-electron chi connectivity index (χ1n) is 6.56. The largest absolute Gasteiger partial charge is 0.495 e. The van der Waals surface area contributed by atoms with Crippen molar-refractivity contribution in [2.75, 3.05) is 19.0 Å². The van der Waals surface area contributed by atoms with Crippen molar-refractivity contribution in [3.8, 4) is 16.5 Å². The fourth-order valence-electron chi connectivity index (χ4n) is 2.13. The molecule has 0 aliphatic heterocycles. The van der Waals surface area contributed by atoms with Crippen LogP contribution in [0.1, 0.15) is 6.92 Å². The molecule has 0 aliphatic rings. The Balaban J connectivity index is 2.23. The SMILES string of the molecule is CCNc1nc(-c2sccc2OC)nc2ccc(Cl)cc12. The molecule has 0 saturated carbocycles. The lowest BCUT2D eigenvalue weighted by molar-refractivity contribution is 0.418. The molecule has 0 atom stereocenters. The van der Waals surface area contributed by atoms with E-state index in [0.29, 0.717) is 10.8 Å². The molecule has 0 saturated heterocycles. The second-order valence-electron chi connectivity index (χ2n) is 4.41. The van der Waals surface area contributed by atoms with Gasteiger partial charge in [-0.1, -0.05) is 11.6 Å². The highest BCUT2D eigenvalue weighted by atomic mass is 35.5. The number of aromatic nitrogens is 2. The molecular weight excluding hydrogens is 306 g/mol. The Morgan fingerprint density at radius 1 is 1.29 bits per heavy atom. The predicted octanol–water partition coefficient (Wildman–Crippen LogP) is 4.45. The Bertz CT molecular complexity index is 788. The summed E-state index contributed by atoms with van der Waals surface area (Å²) in [5, 5.41) is 6.83. The van der Waals surface area contributed by atoms with Gasteiger partial charge in [-0.15, -0.1) is 11.3 Å². The highest BCUT2D eigenvalue weighted by molar-refractivity contribution is 7.13. The first kappa shape index (κ1) is 14.1. The third-order valence-corrected chi connectivity index (χ3v) is 4.18. The van der Waals surface area contributed by atoms with Crippen molar-refractivity contribution in [3.63, 3.8) is 0 Å². The van der Waals surface area contributed by atoms with Crippen LogP contribution in [0.4, 0.5) is 5.82 Å². The van der Waals surface area contributed by atoms with Crippen LogP contribution in [0.15, 0.2) is 29.6 Å². The molecule has 21 heavy (non-hydrogen) atoms. The van der Waals surface area contributed by atoms with Crippen LogP contribution < -0.4 is 10.1 Å². The standard InChI is InChI=1S/C15H14ClN3OS/c1-3-17-14-10-8-9(16)4-5-11(10)18-15(19-14)13-12(20-2)6-7-21-13/h4-8H,3H2,1-2H3,(H,17,18,19). The van der Waals surface area contributed by atoms with E-state index in [1.54, 1.807) is 18.4 Å². The van der Waals surface area contributed by atoms with E-state index in [1.165, 1.54) is 0 Å². The molecule has 1 N–H and O–H groups in total. The maximum Gasteiger partial charge on any atom is 0.176 e. The fraction of sp³-hybridized carbons (Fsp3) is 0.200. The third-order valence-electron chi connectivity index (χ3n) is 3.05. The van der Waals surface area contributed by atoms with Gasteiger partial charge in [0.05, 0.1) is 12.6 Å². The number of fused-ring (bicyclic) bond motifs is 1. The van der Waals surface area contributed by atoms with Gasteiger partial charge in [0.2, 0.25) is 0 Å². The van der Waals surface area contributed by atoms with Gasteiger partial charge in [0.25, 0.3) is 0 Å². The molecule has 108 valence electrons. The number of anilines is 1. The molecule has 3 rings (SSSR count). The Morgan fingerprint density at radius 3 is 2.90 bits per heavy atom. The second-order valence-corrected chi connectivity index (χ2v) is 5.76. The molecule has 0 bridgehead atoms. The highest BCUT2D eigenvalue weighted by Gasteiger charge is 2.14. The molecule has 0 fully saturated rings. The zero-order valence-corrected chi connectivity index (χ0v) is 13.3. The number of benzene rings is 1. The molecule has 1 aromatic carbocycles. The summed E-state index contributed by atoms with van der Waals surface area (Å²) in [6.07, 6.45) is 0. The highest BCUT2D eigenvalue weighted by Crippen LogP contribution is 2.35. The second kappa shape index (κ2) is 5.87. The lowest BCUT2D eigenvalue weighted by Gasteiger charge is -2.10. The molecule has 2 aromatic heterocycles. The number of halogens is 1. The Hall–Kier alpha value is -1.85. The fourth-order valence-corrected chi connectivity index (χ4v) is 3.09. The average molecular weight is 320 g/mol. The van der Waals surface area contributed by atoms with Crippen LogP contribution in [-0.4, -0.2) is 23.6 Å². The van der Waals surface area contributed by atoms with Gasteiger partial charge in [0.15, 0.2) is 5.82 Å². The third kappa shape index (κ3) is 2.66. The van der Waals surface area contributed by atoms with E-state index < -0.39 is 0 Å². The summed E-state index contributed by atoms with van der Waals surface area (Å²) in [6, 6.07) is 7.54. The Kier molecular flexibility index (Phi) is 3.94. The van der Waals surface area contributed by atoms with E-state index in [2.05, 4.69) is 15.3 Å². The van der Waals surface area contributed by atoms with Crippen molar-refractivity contribution < 1.29 is 4.74 Å². The summed E-state index contributed by atoms with van der Waals surface area (Å²) in [5.41, 5.74) is 0.857. The van der Waals surface area contributed by atoms with Crippen molar-refractivity contribution in [1.82, 2.24) is 9.97 Å².